The fraction of sp³-hybridized carbons (Fsp3) is 1.00. The molecule has 0 radical (unpaired) electrons. The van der Waals surface area contributed by atoms with E-state index in [0.29, 0.717) is 0 Å². The first-order chi connectivity index (χ1) is 9.08. The van der Waals surface area contributed by atoms with Gasteiger partial charge in [-0.2, -0.15) is 0 Å². The molecule has 1 saturated carbocycles. The van der Waals surface area contributed by atoms with E-state index in [1.54, 1.807) is 0 Å². The molecule has 2 unspecified atom stereocenters. The van der Waals surface area contributed by atoms with Crippen LogP contribution >= 0.6 is 0 Å². The second-order valence-corrected chi connectivity index (χ2v) is 7.51. The Hall–Kier alpha value is -0.0800. The largest absolute Gasteiger partial charge is 0.313 e. The van der Waals surface area contributed by atoms with Gasteiger partial charge in [0.15, 0.2) is 0 Å². The summed E-state index contributed by atoms with van der Waals surface area (Å²) in [4.78, 5) is 2.71. The Labute approximate surface area is 120 Å². The third kappa shape index (κ3) is 4.19. The average molecular weight is 266 g/mol. The maximum Gasteiger partial charge on any atom is 0.0148 e. The summed E-state index contributed by atoms with van der Waals surface area (Å²) >= 11 is 0. The van der Waals surface area contributed by atoms with E-state index in [1.165, 1.54) is 51.7 Å². The van der Waals surface area contributed by atoms with Crippen LogP contribution in [0.4, 0.5) is 0 Å². The highest BCUT2D eigenvalue weighted by molar-refractivity contribution is 4.95. The van der Waals surface area contributed by atoms with Crippen LogP contribution in [0.2, 0.25) is 0 Å². The van der Waals surface area contributed by atoms with Crippen molar-refractivity contribution in [3.8, 4) is 0 Å². The van der Waals surface area contributed by atoms with Gasteiger partial charge in [0.2, 0.25) is 0 Å². The second-order valence-electron chi connectivity index (χ2n) is 7.51. The number of likely N-dealkylation sites (tertiary alicyclic amines) is 1. The molecule has 2 nitrogen and oxygen atoms in total. The summed E-state index contributed by atoms with van der Waals surface area (Å²) in [5, 5.41) is 3.91. The SMILES string of the molecule is CC(C)CCCNC1C2CCCC1CN(C(C)C)C2. The van der Waals surface area contributed by atoms with Crippen molar-refractivity contribution in [3.63, 3.8) is 0 Å². The predicted octanol–water partition coefficient (Wildman–Crippen LogP) is 3.52. The second kappa shape index (κ2) is 7.08. The fourth-order valence-electron chi connectivity index (χ4n) is 4.01. The molecule has 2 aliphatic rings. The van der Waals surface area contributed by atoms with Gasteiger partial charge in [-0.3, -0.25) is 0 Å². The minimum absolute atomic E-state index is 0.727. The Morgan fingerprint density at radius 1 is 1.05 bits per heavy atom. The number of rotatable bonds is 6. The normalized spacial score (nSPS) is 32.2. The van der Waals surface area contributed by atoms with E-state index >= 15 is 0 Å². The zero-order valence-electron chi connectivity index (χ0n) is 13.5. The van der Waals surface area contributed by atoms with Crippen LogP contribution in [0.5, 0.6) is 0 Å². The number of hydrogen-bond donors (Lipinski definition) is 1. The van der Waals surface area contributed by atoms with Crippen molar-refractivity contribution in [2.24, 2.45) is 17.8 Å². The molecule has 0 amide bonds. The van der Waals surface area contributed by atoms with Gasteiger partial charge in [-0.05, 0) is 63.8 Å². The lowest BCUT2D eigenvalue weighted by Gasteiger charge is -2.49. The predicted molar refractivity (Wildman–Crippen MR) is 83.4 cm³/mol. The lowest BCUT2D eigenvalue weighted by Crippen LogP contribution is -2.58. The third-order valence-electron chi connectivity index (χ3n) is 5.17. The summed E-state index contributed by atoms with van der Waals surface area (Å²) in [7, 11) is 0. The van der Waals surface area contributed by atoms with Crippen LogP contribution in [0, 0.1) is 17.8 Å². The molecule has 2 atom stereocenters. The number of nitrogens with one attached hydrogen (secondary N) is 1. The molecule has 1 N–H and O–H groups in total. The van der Waals surface area contributed by atoms with Crippen molar-refractivity contribution in [3.05, 3.63) is 0 Å². The summed E-state index contributed by atoms with van der Waals surface area (Å²) in [5.74, 6) is 2.67. The Balaban J connectivity index is 1.81. The minimum atomic E-state index is 0.727. The molecule has 1 saturated heterocycles. The molecule has 0 aromatic heterocycles. The maximum atomic E-state index is 3.91. The molecule has 2 rings (SSSR count). The quantitative estimate of drug-likeness (QED) is 0.740. The first-order valence-electron chi connectivity index (χ1n) is 8.55. The maximum absolute atomic E-state index is 3.91. The van der Waals surface area contributed by atoms with E-state index in [9.17, 15) is 0 Å². The molecule has 2 heteroatoms. The van der Waals surface area contributed by atoms with Crippen LogP contribution in [0.15, 0.2) is 0 Å². The van der Waals surface area contributed by atoms with E-state index < -0.39 is 0 Å². The molecular weight excluding hydrogens is 232 g/mol. The summed E-state index contributed by atoms with van der Waals surface area (Å²) < 4.78 is 0. The van der Waals surface area contributed by atoms with Gasteiger partial charge in [-0.1, -0.05) is 20.3 Å². The van der Waals surface area contributed by atoms with Gasteiger partial charge in [0, 0.05) is 25.2 Å². The Bertz CT molecular complexity index is 248. The minimum Gasteiger partial charge on any atom is -0.313 e. The van der Waals surface area contributed by atoms with E-state index in [1.807, 2.05) is 0 Å². The van der Waals surface area contributed by atoms with Crippen molar-refractivity contribution in [2.45, 2.75) is 71.9 Å². The van der Waals surface area contributed by atoms with E-state index in [-0.39, 0.29) is 0 Å². The Morgan fingerprint density at radius 2 is 1.68 bits per heavy atom. The molecule has 112 valence electrons. The lowest BCUT2D eigenvalue weighted by molar-refractivity contribution is 0.0296. The zero-order valence-corrected chi connectivity index (χ0v) is 13.5. The lowest BCUT2D eigenvalue weighted by atomic mass is 9.73. The average Bonchev–Trinajstić information content (AvgIpc) is 2.33. The van der Waals surface area contributed by atoms with Crippen LogP contribution in [-0.4, -0.2) is 36.6 Å². The number of fused-ring (bicyclic) bond motifs is 2. The summed E-state index contributed by atoms with van der Waals surface area (Å²) in [6.07, 6.45) is 7.07. The third-order valence-corrected chi connectivity index (χ3v) is 5.17. The highest BCUT2D eigenvalue weighted by atomic mass is 15.2. The summed E-state index contributed by atoms with van der Waals surface area (Å²) in [6.45, 7) is 13.3. The standard InChI is InChI=1S/C17H34N2/c1-13(2)7-6-10-18-17-15-8-5-9-16(17)12-19(11-15)14(3)4/h13-18H,5-12H2,1-4H3. The van der Waals surface area contributed by atoms with Gasteiger partial charge in [0.25, 0.3) is 0 Å². The number of piperidine rings is 1. The van der Waals surface area contributed by atoms with Crippen molar-refractivity contribution >= 4 is 0 Å². The van der Waals surface area contributed by atoms with Gasteiger partial charge < -0.3 is 10.2 Å². The summed E-state index contributed by atoms with van der Waals surface area (Å²) in [5.41, 5.74) is 0. The van der Waals surface area contributed by atoms with Crippen LogP contribution in [0.1, 0.15) is 59.8 Å². The van der Waals surface area contributed by atoms with Crippen LogP contribution < -0.4 is 5.32 Å². The molecule has 1 aliphatic heterocycles. The first kappa shape index (κ1) is 15.3. The van der Waals surface area contributed by atoms with Gasteiger partial charge in [0.05, 0.1) is 0 Å². The highest BCUT2D eigenvalue weighted by Crippen LogP contribution is 2.35. The molecule has 1 aliphatic carbocycles. The van der Waals surface area contributed by atoms with Crippen molar-refractivity contribution in [2.75, 3.05) is 19.6 Å². The Morgan fingerprint density at radius 3 is 2.21 bits per heavy atom. The first-order valence-corrected chi connectivity index (χ1v) is 8.55. The van der Waals surface area contributed by atoms with Crippen LogP contribution in [-0.2, 0) is 0 Å². The van der Waals surface area contributed by atoms with Gasteiger partial charge >= 0.3 is 0 Å². The number of nitrogens with zero attached hydrogens (tertiary/aromatic N) is 1. The molecule has 2 fully saturated rings. The highest BCUT2D eigenvalue weighted by Gasteiger charge is 2.39. The van der Waals surface area contributed by atoms with Crippen molar-refractivity contribution in [1.82, 2.24) is 10.2 Å². The summed E-state index contributed by atoms with van der Waals surface area (Å²) in [6, 6.07) is 1.54. The fourth-order valence-corrected chi connectivity index (χ4v) is 4.01. The monoisotopic (exact) mass is 266 g/mol. The van der Waals surface area contributed by atoms with E-state index in [2.05, 4.69) is 37.9 Å². The van der Waals surface area contributed by atoms with Gasteiger partial charge in [-0.15, -0.1) is 0 Å². The molecule has 1 heterocycles. The molecule has 2 bridgehead atoms. The van der Waals surface area contributed by atoms with Crippen molar-refractivity contribution < 1.29 is 0 Å². The van der Waals surface area contributed by atoms with Gasteiger partial charge in [-0.25, -0.2) is 0 Å². The molecule has 0 aromatic carbocycles. The molecule has 0 spiro atoms. The molecule has 0 aromatic rings. The Kier molecular flexibility index (Phi) is 5.70. The molecule has 19 heavy (non-hydrogen) atoms. The van der Waals surface area contributed by atoms with Crippen LogP contribution in [0.3, 0.4) is 0 Å². The van der Waals surface area contributed by atoms with E-state index in [0.717, 1.165) is 29.8 Å². The van der Waals surface area contributed by atoms with Crippen molar-refractivity contribution in [1.29, 1.82) is 0 Å². The zero-order chi connectivity index (χ0) is 13.8. The topological polar surface area (TPSA) is 15.3 Å². The number of hydrogen-bond acceptors (Lipinski definition) is 2. The van der Waals surface area contributed by atoms with E-state index in [4.69, 9.17) is 0 Å². The van der Waals surface area contributed by atoms with Crippen LogP contribution in [0.25, 0.3) is 0 Å². The molecular formula is C17H34N2. The van der Waals surface area contributed by atoms with Gasteiger partial charge in [0.1, 0.15) is 0 Å². The smallest absolute Gasteiger partial charge is 0.0148 e.